The van der Waals surface area contributed by atoms with Gasteiger partial charge in [-0.1, -0.05) is 54.6 Å². The molecule has 0 N–H and O–H groups in total. The van der Waals surface area contributed by atoms with Crippen molar-refractivity contribution < 1.29 is 9.59 Å². The average molecular weight is 384 g/mol. The number of amides is 2. The third-order valence-electron chi connectivity index (χ3n) is 6.13. The van der Waals surface area contributed by atoms with E-state index in [4.69, 9.17) is 0 Å². The number of nitrogens with zero attached hydrogens (tertiary/aromatic N) is 2. The quantitative estimate of drug-likeness (QED) is 0.628. The Balaban J connectivity index is 1.31. The zero-order valence-electron chi connectivity index (χ0n) is 16.4. The van der Waals surface area contributed by atoms with Crippen LogP contribution in [-0.4, -0.2) is 41.2 Å². The van der Waals surface area contributed by atoms with Gasteiger partial charge in [0, 0.05) is 19.6 Å². The Morgan fingerprint density at radius 1 is 0.828 bits per heavy atom. The van der Waals surface area contributed by atoms with E-state index in [2.05, 4.69) is 29.2 Å². The SMILES string of the molecule is O=C1c2cc3ccccc3cc2C(=O)N1CC1CCCN(Cc2ccccc2)C1. The van der Waals surface area contributed by atoms with Gasteiger partial charge in [-0.2, -0.15) is 0 Å². The van der Waals surface area contributed by atoms with Gasteiger partial charge in [-0.25, -0.2) is 0 Å². The standard InChI is InChI=1S/C25H24N2O2/c28-24-22-13-20-10-4-5-11-21(20)14-23(22)25(29)27(24)17-19-9-6-12-26(16-19)15-18-7-2-1-3-8-18/h1-5,7-8,10-11,13-14,19H,6,9,12,15-17H2. The van der Waals surface area contributed by atoms with Crippen LogP contribution >= 0.6 is 0 Å². The van der Waals surface area contributed by atoms with Gasteiger partial charge >= 0.3 is 0 Å². The number of hydrogen-bond donors (Lipinski definition) is 0. The summed E-state index contributed by atoms with van der Waals surface area (Å²) in [4.78, 5) is 29.9. The van der Waals surface area contributed by atoms with Crippen LogP contribution in [-0.2, 0) is 6.54 Å². The van der Waals surface area contributed by atoms with E-state index >= 15 is 0 Å². The molecule has 4 heteroatoms. The van der Waals surface area contributed by atoms with Crippen LogP contribution in [0.15, 0.2) is 66.7 Å². The molecule has 2 aliphatic heterocycles. The Kier molecular flexibility index (Phi) is 4.64. The van der Waals surface area contributed by atoms with E-state index in [1.54, 1.807) is 0 Å². The summed E-state index contributed by atoms with van der Waals surface area (Å²) >= 11 is 0. The summed E-state index contributed by atoms with van der Waals surface area (Å²) < 4.78 is 0. The highest BCUT2D eigenvalue weighted by molar-refractivity contribution is 6.23. The van der Waals surface area contributed by atoms with E-state index in [-0.39, 0.29) is 11.8 Å². The number of carbonyl (C=O) groups is 2. The third kappa shape index (κ3) is 3.45. The zero-order valence-corrected chi connectivity index (χ0v) is 16.4. The molecule has 1 atom stereocenters. The van der Waals surface area contributed by atoms with Gasteiger partial charge in [0.15, 0.2) is 0 Å². The Bertz CT molecular complexity index is 1020. The van der Waals surface area contributed by atoms with Crippen molar-refractivity contribution in [1.29, 1.82) is 0 Å². The molecule has 1 unspecified atom stereocenters. The molecule has 146 valence electrons. The molecule has 2 heterocycles. The van der Waals surface area contributed by atoms with Crippen molar-refractivity contribution in [2.75, 3.05) is 19.6 Å². The lowest BCUT2D eigenvalue weighted by atomic mass is 9.97. The molecular formula is C25H24N2O2. The fraction of sp³-hybridized carbons (Fsp3) is 0.280. The molecule has 1 saturated heterocycles. The molecule has 5 rings (SSSR count). The molecule has 0 radical (unpaired) electrons. The number of fused-ring (bicyclic) bond motifs is 2. The lowest BCUT2D eigenvalue weighted by molar-refractivity contribution is 0.0586. The first kappa shape index (κ1) is 18.1. The van der Waals surface area contributed by atoms with Crippen LogP contribution in [0.25, 0.3) is 10.8 Å². The van der Waals surface area contributed by atoms with E-state index in [0.29, 0.717) is 23.6 Å². The van der Waals surface area contributed by atoms with Gasteiger partial charge in [0.1, 0.15) is 0 Å². The fourth-order valence-electron chi connectivity index (χ4n) is 4.69. The molecule has 4 nitrogen and oxygen atoms in total. The number of hydrogen-bond acceptors (Lipinski definition) is 3. The summed E-state index contributed by atoms with van der Waals surface area (Å²) in [5.74, 6) is 0.0379. The number of rotatable bonds is 4. The topological polar surface area (TPSA) is 40.6 Å². The highest BCUT2D eigenvalue weighted by Gasteiger charge is 2.37. The van der Waals surface area contributed by atoms with E-state index in [1.165, 1.54) is 10.5 Å². The van der Waals surface area contributed by atoms with Crippen molar-refractivity contribution >= 4 is 22.6 Å². The molecule has 2 aliphatic rings. The largest absolute Gasteiger partial charge is 0.299 e. The van der Waals surface area contributed by atoms with Gasteiger partial charge < -0.3 is 0 Å². The lowest BCUT2D eigenvalue weighted by Gasteiger charge is -2.34. The number of likely N-dealkylation sites (tertiary alicyclic amines) is 1. The molecule has 3 aromatic rings. The van der Waals surface area contributed by atoms with Crippen LogP contribution in [0.4, 0.5) is 0 Å². The summed E-state index contributed by atoms with van der Waals surface area (Å²) in [6.07, 6.45) is 2.16. The van der Waals surface area contributed by atoms with Crippen molar-refractivity contribution in [1.82, 2.24) is 9.80 Å². The summed E-state index contributed by atoms with van der Waals surface area (Å²) in [6, 6.07) is 22.1. The van der Waals surface area contributed by atoms with Gasteiger partial charge in [-0.15, -0.1) is 0 Å². The maximum atomic E-state index is 13.0. The number of benzene rings is 3. The smallest absolute Gasteiger partial charge is 0.261 e. The summed E-state index contributed by atoms with van der Waals surface area (Å²) in [5.41, 5.74) is 2.40. The molecule has 0 aliphatic carbocycles. The highest BCUT2D eigenvalue weighted by Crippen LogP contribution is 2.30. The second kappa shape index (κ2) is 7.45. The van der Waals surface area contributed by atoms with Crippen molar-refractivity contribution in [2.45, 2.75) is 19.4 Å². The van der Waals surface area contributed by atoms with Gasteiger partial charge in [-0.3, -0.25) is 19.4 Å². The molecule has 0 bridgehead atoms. The van der Waals surface area contributed by atoms with Crippen LogP contribution in [0.3, 0.4) is 0 Å². The van der Waals surface area contributed by atoms with Crippen molar-refractivity contribution in [3.63, 3.8) is 0 Å². The number of imide groups is 1. The van der Waals surface area contributed by atoms with Gasteiger partial charge in [0.2, 0.25) is 0 Å². The minimum atomic E-state index is -0.143. The first-order chi connectivity index (χ1) is 14.2. The molecule has 2 amide bonds. The van der Waals surface area contributed by atoms with Crippen molar-refractivity contribution in [2.24, 2.45) is 5.92 Å². The Morgan fingerprint density at radius 2 is 1.45 bits per heavy atom. The minimum Gasteiger partial charge on any atom is -0.299 e. The summed E-state index contributed by atoms with van der Waals surface area (Å²) in [5, 5.41) is 2.00. The van der Waals surface area contributed by atoms with Gasteiger partial charge in [0.05, 0.1) is 11.1 Å². The zero-order chi connectivity index (χ0) is 19.8. The van der Waals surface area contributed by atoms with Gasteiger partial charge in [-0.05, 0) is 53.8 Å². The van der Waals surface area contributed by atoms with Crippen LogP contribution < -0.4 is 0 Å². The first-order valence-electron chi connectivity index (χ1n) is 10.3. The van der Waals surface area contributed by atoms with E-state index in [0.717, 1.165) is 43.2 Å². The second-order valence-corrected chi connectivity index (χ2v) is 8.19. The number of piperidine rings is 1. The first-order valence-corrected chi connectivity index (χ1v) is 10.3. The van der Waals surface area contributed by atoms with E-state index < -0.39 is 0 Å². The molecular weight excluding hydrogens is 360 g/mol. The maximum Gasteiger partial charge on any atom is 0.261 e. The highest BCUT2D eigenvalue weighted by atomic mass is 16.2. The van der Waals surface area contributed by atoms with Gasteiger partial charge in [0.25, 0.3) is 11.8 Å². The maximum absolute atomic E-state index is 13.0. The fourth-order valence-corrected chi connectivity index (χ4v) is 4.69. The van der Waals surface area contributed by atoms with Crippen LogP contribution in [0.5, 0.6) is 0 Å². The normalized spacial score (nSPS) is 19.7. The van der Waals surface area contributed by atoms with Crippen LogP contribution in [0.2, 0.25) is 0 Å². The van der Waals surface area contributed by atoms with Crippen LogP contribution in [0, 0.1) is 5.92 Å². The Labute approximate surface area is 170 Å². The Hall–Kier alpha value is -2.98. The molecule has 1 fully saturated rings. The van der Waals surface area contributed by atoms with Crippen molar-refractivity contribution in [3.8, 4) is 0 Å². The minimum absolute atomic E-state index is 0.143. The number of carbonyl (C=O) groups excluding carboxylic acids is 2. The molecule has 3 aromatic carbocycles. The molecule has 0 saturated carbocycles. The monoisotopic (exact) mass is 384 g/mol. The molecule has 0 spiro atoms. The molecule has 0 aromatic heterocycles. The predicted molar refractivity (Wildman–Crippen MR) is 114 cm³/mol. The molecule has 29 heavy (non-hydrogen) atoms. The summed E-state index contributed by atoms with van der Waals surface area (Å²) in [6.45, 7) is 3.42. The predicted octanol–water partition coefficient (Wildman–Crippen LogP) is 4.35. The Morgan fingerprint density at radius 3 is 2.10 bits per heavy atom. The van der Waals surface area contributed by atoms with Crippen LogP contribution in [0.1, 0.15) is 39.1 Å². The lowest BCUT2D eigenvalue weighted by Crippen LogP contribution is -2.42. The third-order valence-corrected chi connectivity index (χ3v) is 6.13. The van der Waals surface area contributed by atoms with Crippen molar-refractivity contribution in [3.05, 3.63) is 83.4 Å². The van der Waals surface area contributed by atoms with E-state index in [1.807, 2.05) is 42.5 Å². The summed E-state index contributed by atoms with van der Waals surface area (Å²) in [7, 11) is 0. The average Bonchev–Trinajstić information content (AvgIpc) is 2.97. The second-order valence-electron chi connectivity index (χ2n) is 8.19. The van der Waals surface area contributed by atoms with E-state index in [9.17, 15) is 9.59 Å².